The van der Waals surface area contributed by atoms with Crippen molar-refractivity contribution >= 4 is 12.6 Å². The fourth-order valence-electron chi connectivity index (χ4n) is 2.41. The highest BCUT2D eigenvalue weighted by molar-refractivity contribution is 5.64. The zero-order chi connectivity index (χ0) is 14.2. The van der Waals surface area contributed by atoms with Crippen LogP contribution in [0.4, 0.5) is 0 Å². The lowest BCUT2D eigenvalue weighted by Gasteiger charge is -2.14. The topological polar surface area (TPSA) is 34.1 Å². The molecule has 0 saturated heterocycles. The molecule has 0 aromatic carbocycles. The summed E-state index contributed by atoms with van der Waals surface area (Å²) in [5.41, 5.74) is 0. The summed E-state index contributed by atoms with van der Waals surface area (Å²) < 4.78 is 0. The molecule has 0 heterocycles. The smallest absolute Gasteiger partial charge is 0.142 e. The molecule has 0 fully saturated rings. The van der Waals surface area contributed by atoms with Gasteiger partial charge >= 0.3 is 0 Å². The van der Waals surface area contributed by atoms with Crippen LogP contribution in [0.1, 0.15) is 77.6 Å². The van der Waals surface area contributed by atoms with E-state index in [1.807, 2.05) is 6.08 Å². The number of allylic oxidation sites excluding steroid dienone is 2. The lowest BCUT2D eigenvalue weighted by Crippen LogP contribution is -1.99. The monoisotopic (exact) mass is 266 g/mol. The molecule has 0 aromatic heterocycles. The highest BCUT2D eigenvalue weighted by Gasteiger charge is 2.05. The number of hydrogen-bond acceptors (Lipinski definition) is 2. The van der Waals surface area contributed by atoms with Gasteiger partial charge in [0.1, 0.15) is 12.6 Å². The van der Waals surface area contributed by atoms with E-state index in [-0.39, 0.29) is 0 Å². The summed E-state index contributed by atoms with van der Waals surface area (Å²) in [4.78, 5) is 20.3. The fraction of sp³-hybridized carbons (Fsp3) is 0.765. The summed E-state index contributed by atoms with van der Waals surface area (Å²) in [6.07, 6.45) is 18.4. The maximum atomic E-state index is 10.2. The van der Waals surface area contributed by atoms with Gasteiger partial charge in [0.15, 0.2) is 0 Å². The molecule has 0 bridgehead atoms. The van der Waals surface area contributed by atoms with Crippen molar-refractivity contribution in [2.45, 2.75) is 77.6 Å². The van der Waals surface area contributed by atoms with Crippen LogP contribution in [0.25, 0.3) is 0 Å². The molecule has 1 unspecified atom stereocenters. The maximum absolute atomic E-state index is 10.2. The Morgan fingerprint density at radius 3 is 2.11 bits per heavy atom. The number of rotatable bonds is 14. The average molecular weight is 266 g/mol. The summed E-state index contributed by atoms with van der Waals surface area (Å²) in [7, 11) is 0. The summed E-state index contributed by atoms with van der Waals surface area (Å²) in [5, 5.41) is 0. The van der Waals surface area contributed by atoms with Gasteiger partial charge in [0.2, 0.25) is 0 Å². The first kappa shape index (κ1) is 18.1. The summed E-state index contributed by atoms with van der Waals surface area (Å²) in [6, 6.07) is 0. The Kier molecular flexibility index (Phi) is 14.4. The lowest BCUT2D eigenvalue weighted by molar-refractivity contribution is -0.108. The zero-order valence-electron chi connectivity index (χ0n) is 12.5. The Hall–Kier alpha value is -0.920. The van der Waals surface area contributed by atoms with Crippen LogP contribution in [-0.2, 0) is 9.59 Å². The molecule has 0 saturated carbocycles. The summed E-state index contributed by atoms with van der Waals surface area (Å²) >= 11 is 0. The first-order valence-electron chi connectivity index (χ1n) is 7.89. The quantitative estimate of drug-likeness (QED) is 0.255. The van der Waals surface area contributed by atoms with E-state index < -0.39 is 0 Å². The Labute approximate surface area is 118 Å². The third kappa shape index (κ3) is 13.3. The van der Waals surface area contributed by atoms with Crippen molar-refractivity contribution in [3.05, 3.63) is 12.2 Å². The second kappa shape index (κ2) is 15.1. The van der Waals surface area contributed by atoms with Crippen LogP contribution in [-0.4, -0.2) is 12.6 Å². The van der Waals surface area contributed by atoms with Crippen LogP contribution >= 0.6 is 0 Å². The van der Waals surface area contributed by atoms with E-state index in [0.29, 0.717) is 0 Å². The van der Waals surface area contributed by atoms with Crippen molar-refractivity contribution in [1.29, 1.82) is 0 Å². The molecule has 1 atom stereocenters. The molecule has 0 aliphatic carbocycles. The minimum absolute atomic E-state index is 0.727. The van der Waals surface area contributed by atoms with E-state index in [0.717, 1.165) is 37.8 Å². The van der Waals surface area contributed by atoms with Crippen LogP contribution in [0.3, 0.4) is 0 Å². The number of aldehydes is 2. The molecule has 110 valence electrons. The Morgan fingerprint density at radius 2 is 1.47 bits per heavy atom. The Balaban J connectivity index is 3.37. The predicted octanol–water partition coefficient (Wildman–Crippen LogP) is 4.87. The third-order valence-corrected chi connectivity index (χ3v) is 3.71. The standard InChI is InChI=1S/C17H30O2/c1-2-17(14-10-8-12-16-19)13-9-6-4-3-5-7-11-15-18/h7,11,15-17H,2-6,8-10,12-14H2,1H3. The van der Waals surface area contributed by atoms with Gasteiger partial charge in [-0.3, -0.25) is 4.79 Å². The van der Waals surface area contributed by atoms with E-state index in [2.05, 4.69) is 6.92 Å². The Morgan fingerprint density at radius 1 is 0.842 bits per heavy atom. The van der Waals surface area contributed by atoms with Crippen LogP contribution in [0.2, 0.25) is 0 Å². The van der Waals surface area contributed by atoms with Crippen molar-refractivity contribution in [1.82, 2.24) is 0 Å². The van der Waals surface area contributed by atoms with Gasteiger partial charge in [-0.15, -0.1) is 0 Å². The molecular weight excluding hydrogens is 236 g/mol. The fourth-order valence-corrected chi connectivity index (χ4v) is 2.41. The van der Waals surface area contributed by atoms with Gasteiger partial charge in [0.05, 0.1) is 0 Å². The molecule has 19 heavy (non-hydrogen) atoms. The van der Waals surface area contributed by atoms with Gasteiger partial charge in [-0.2, -0.15) is 0 Å². The lowest BCUT2D eigenvalue weighted by atomic mass is 9.92. The third-order valence-electron chi connectivity index (χ3n) is 3.71. The molecular formula is C17H30O2. The van der Waals surface area contributed by atoms with Crippen molar-refractivity contribution in [2.24, 2.45) is 5.92 Å². The number of carbonyl (C=O) groups is 2. The Bertz CT molecular complexity index is 233. The van der Waals surface area contributed by atoms with Gasteiger partial charge in [-0.05, 0) is 31.3 Å². The molecule has 0 radical (unpaired) electrons. The van der Waals surface area contributed by atoms with Gasteiger partial charge in [0.25, 0.3) is 0 Å². The zero-order valence-corrected chi connectivity index (χ0v) is 12.5. The summed E-state index contributed by atoms with van der Waals surface area (Å²) in [5.74, 6) is 0.849. The van der Waals surface area contributed by atoms with Crippen molar-refractivity contribution in [3.63, 3.8) is 0 Å². The van der Waals surface area contributed by atoms with E-state index in [4.69, 9.17) is 0 Å². The minimum Gasteiger partial charge on any atom is -0.303 e. The SMILES string of the molecule is CCC(CCCCC=O)CCCCCCC=CC=O. The molecule has 0 aromatic rings. The molecule has 2 heteroatoms. The molecule has 0 aliphatic heterocycles. The van der Waals surface area contributed by atoms with E-state index in [1.54, 1.807) is 6.08 Å². The molecule has 2 nitrogen and oxygen atoms in total. The van der Waals surface area contributed by atoms with Crippen molar-refractivity contribution < 1.29 is 9.59 Å². The average Bonchev–Trinajstić information content (AvgIpc) is 2.44. The van der Waals surface area contributed by atoms with E-state index in [1.165, 1.54) is 51.4 Å². The van der Waals surface area contributed by atoms with Gasteiger partial charge in [-0.1, -0.05) is 57.9 Å². The second-order valence-corrected chi connectivity index (χ2v) is 5.28. The molecule has 0 amide bonds. The summed E-state index contributed by atoms with van der Waals surface area (Å²) in [6.45, 7) is 2.27. The largest absolute Gasteiger partial charge is 0.303 e. The van der Waals surface area contributed by atoms with Crippen LogP contribution in [0.5, 0.6) is 0 Å². The second-order valence-electron chi connectivity index (χ2n) is 5.28. The van der Waals surface area contributed by atoms with E-state index >= 15 is 0 Å². The number of unbranched alkanes of at least 4 members (excludes halogenated alkanes) is 6. The number of carbonyl (C=O) groups excluding carboxylic acids is 2. The minimum atomic E-state index is 0.727. The first-order valence-corrected chi connectivity index (χ1v) is 7.89. The van der Waals surface area contributed by atoms with Crippen molar-refractivity contribution in [2.75, 3.05) is 0 Å². The predicted molar refractivity (Wildman–Crippen MR) is 81.2 cm³/mol. The molecule has 0 N–H and O–H groups in total. The molecule has 0 aliphatic rings. The van der Waals surface area contributed by atoms with Gasteiger partial charge < -0.3 is 4.79 Å². The van der Waals surface area contributed by atoms with Crippen molar-refractivity contribution in [3.8, 4) is 0 Å². The molecule has 0 spiro atoms. The van der Waals surface area contributed by atoms with Crippen LogP contribution < -0.4 is 0 Å². The highest BCUT2D eigenvalue weighted by Crippen LogP contribution is 2.20. The maximum Gasteiger partial charge on any atom is 0.142 e. The normalized spacial score (nSPS) is 12.7. The highest BCUT2D eigenvalue weighted by atomic mass is 16.1. The van der Waals surface area contributed by atoms with Crippen LogP contribution in [0, 0.1) is 5.92 Å². The van der Waals surface area contributed by atoms with Crippen LogP contribution in [0.15, 0.2) is 12.2 Å². The molecule has 0 rings (SSSR count). The van der Waals surface area contributed by atoms with Gasteiger partial charge in [-0.25, -0.2) is 0 Å². The van der Waals surface area contributed by atoms with E-state index in [9.17, 15) is 9.59 Å². The number of hydrogen-bond donors (Lipinski definition) is 0. The van der Waals surface area contributed by atoms with Gasteiger partial charge in [0, 0.05) is 6.42 Å². The first-order chi connectivity index (χ1) is 9.35.